The highest BCUT2D eigenvalue weighted by atomic mass is 32.1. The third-order valence-corrected chi connectivity index (χ3v) is 3.41. The molecule has 1 aliphatic carbocycles. The summed E-state index contributed by atoms with van der Waals surface area (Å²) < 4.78 is 5.49. The van der Waals surface area contributed by atoms with Crippen molar-refractivity contribution in [2.24, 2.45) is 0 Å². The number of nitrogen functional groups attached to an aromatic ring is 1. The first-order valence-corrected chi connectivity index (χ1v) is 5.19. The molecule has 1 fully saturated rings. The van der Waals surface area contributed by atoms with Crippen LogP contribution in [0.1, 0.15) is 24.3 Å². The summed E-state index contributed by atoms with van der Waals surface area (Å²) in [7, 11) is 1.77. The summed E-state index contributed by atoms with van der Waals surface area (Å²) in [6, 6.07) is 0. The van der Waals surface area contributed by atoms with Crippen molar-refractivity contribution in [2.45, 2.75) is 31.3 Å². The van der Waals surface area contributed by atoms with Crippen LogP contribution >= 0.6 is 11.3 Å². The minimum atomic E-state index is 0.0337. The Morgan fingerprint density at radius 2 is 2.31 bits per heavy atom. The molecular formula is C8H13N3OS. The highest BCUT2D eigenvalue weighted by Crippen LogP contribution is 2.38. The number of aromatic nitrogens is 2. The van der Waals surface area contributed by atoms with E-state index in [0.29, 0.717) is 5.13 Å². The standard InChI is InChI=1S/C8H13N3OS/c1-12-8(3-2-4-8)5-6-10-11-7(9)13-6/h2-5H2,1H3,(H2,9,11). The lowest BCUT2D eigenvalue weighted by molar-refractivity contribution is -0.0709. The number of hydrogen-bond donors (Lipinski definition) is 1. The van der Waals surface area contributed by atoms with Gasteiger partial charge in [-0.25, -0.2) is 0 Å². The summed E-state index contributed by atoms with van der Waals surface area (Å²) in [5, 5.41) is 9.31. The second-order valence-corrected chi connectivity index (χ2v) is 4.55. The lowest BCUT2D eigenvalue weighted by atomic mass is 9.78. The fourth-order valence-corrected chi connectivity index (χ4v) is 2.38. The quantitative estimate of drug-likeness (QED) is 0.795. The number of anilines is 1. The van der Waals surface area contributed by atoms with E-state index in [-0.39, 0.29) is 5.60 Å². The van der Waals surface area contributed by atoms with Crippen molar-refractivity contribution >= 4 is 16.5 Å². The topological polar surface area (TPSA) is 61.0 Å². The maximum absolute atomic E-state index is 5.50. The number of methoxy groups -OCH3 is 1. The van der Waals surface area contributed by atoms with E-state index in [4.69, 9.17) is 10.5 Å². The van der Waals surface area contributed by atoms with E-state index in [1.165, 1.54) is 17.8 Å². The first kappa shape index (κ1) is 8.90. The molecule has 72 valence electrons. The van der Waals surface area contributed by atoms with E-state index in [0.717, 1.165) is 24.3 Å². The van der Waals surface area contributed by atoms with Gasteiger partial charge in [-0.05, 0) is 19.3 Å². The molecule has 0 aliphatic heterocycles. The first-order valence-electron chi connectivity index (χ1n) is 4.37. The van der Waals surface area contributed by atoms with Gasteiger partial charge in [0.15, 0.2) is 0 Å². The average Bonchev–Trinajstić information content (AvgIpc) is 2.44. The molecule has 0 spiro atoms. The monoisotopic (exact) mass is 199 g/mol. The zero-order chi connectivity index (χ0) is 9.31. The van der Waals surface area contributed by atoms with Crippen LogP contribution in [0.5, 0.6) is 0 Å². The second kappa shape index (κ2) is 3.23. The number of ether oxygens (including phenoxy) is 1. The summed E-state index contributed by atoms with van der Waals surface area (Å²) in [5.74, 6) is 0. The lowest BCUT2D eigenvalue weighted by Crippen LogP contribution is -2.41. The Morgan fingerprint density at radius 3 is 2.69 bits per heavy atom. The number of rotatable bonds is 3. The fourth-order valence-electron chi connectivity index (χ4n) is 1.64. The molecule has 0 radical (unpaired) electrons. The van der Waals surface area contributed by atoms with Crippen LogP contribution in [0.15, 0.2) is 0 Å². The highest BCUT2D eigenvalue weighted by Gasteiger charge is 2.38. The lowest BCUT2D eigenvalue weighted by Gasteiger charge is -2.39. The van der Waals surface area contributed by atoms with Gasteiger partial charge in [-0.2, -0.15) is 0 Å². The van der Waals surface area contributed by atoms with E-state index in [1.54, 1.807) is 7.11 Å². The normalized spacial score (nSPS) is 19.8. The van der Waals surface area contributed by atoms with Crippen LogP contribution in [0.2, 0.25) is 0 Å². The van der Waals surface area contributed by atoms with E-state index in [9.17, 15) is 0 Å². The minimum absolute atomic E-state index is 0.0337. The Morgan fingerprint density at radius 1 is 1.54 bits per heavy atom. The van der Waals surface area contributed by atoms with E-state index in [2.05, 4.69) is 10.2 Å². The van der Waals surface area contributed by atoms with E-state index < -0.39 is 0 Å². The van der Waals surface area contributed by atoms with Crippen molar-refractivity contribution in [3.05, 3.63) is 5.01 Å². The second-order valence-electron chi connectivity index (χ2n) is 3.45. The Labute approximate surface area is 81.1 Å². The Bertz CT molecular complexity index is 290. The highest BCUT2D eigenvalue weighted by molar-refractivity contribution is 7.15. The van der Waals surface area contributed by atoms with Crippen LogP contribution in [-0.2, 0) is 11.2 Å². The molecule has 0 saturated heterocycles. The summed E-state index contributed by atoms with van der Waals surface area (Å²) in [6.45, 7) is 0. The molecule has 1 aromatic heterocycles. The maximum Gasteiger partial charge on any atom is 0.203 e. The number of nitrogens with zero attached hydrogens (tertiary/aromatic N) is 2. The molecule has 1 saturated carbocycles. The molecular weight excluding hydrogens is 186 g/mol. The zero-order valence-electron chi connectivity index (χ0n) is 7.62. The van der Waals surface area contributed by atoms with Gasteiger partial charge in [0.25, 0.3) is 0 Å². The molecule has 0 amide bonds. The van der Waals surface area contributed by atoms with Crippen molar-refractivity contribution in [1.29, 1.82) is 0 Å². The largest absolute Gasteiger partial charge is 0.378 e. The van der Waals surface area contributed by atoms with Crippen LogP contribution < -0.4 is 5.73 Å². The summed E-state index contributed by atoms with van der Waals surface area (Å²) >= 11 is 1.45. The molecule has 0 aromatic carbocycles. The van der Waals surface area contributed by atoms with Gasteiger partial charge in [0.05, 0.1) is 5.60 Å². The Kier molecular flexibility index (Phi) is 2.21. The Hall–Kier alpha value is -0.680. The maximum atomic E-state index is 5.50. The SMILES string of the molecule is COC1(Cc2nnc(N)s2)CCC1. The van der Waals surface area contributed by atoms with Gasteiger partial charge < -0.3 is 10.5 Å². The minimum Gasteiger partial charge on any atom is -0.378 e. The van der Waals surface area contributed by atoms with Gasteiger partial charge in [-0.1, -0.05) is 11.3 Å². The Balaban J connectivity index is 2.04. The molecule has 2 rings (SSSR count). The van der Waals surface area contributed by atoms with E-state index in [1.807, 2.05) is 0 Å². The van der Waals surface area contributed by atoms with Crippen LogP contribution in [0.3, 0.4) is 0 Å². The molecule has 0 unspecified atom stereocenters. The van der Waals surface area contributed by atoms with Gasteiger partial charge in [-0.15, -0.1) is 10.2 Å². The molecule has 5 heteroatoms. The van der Waals surface area contributed by atoms with Crippen LogP contribution in [-0.4, -0.2) is 22.9 Å². The molecule has 0 atom stereocenters. The molecule has 2 N–H and O–H groups in total. The molecule has 0 bridgehead atoms. The van der Waals surface area contributed by atoms with Crippen LogP contribution in [0, 0.1) is 0 Å². The van der Waals surface area contributed by atoms with Crippen molar-refractivity contribution in [1.82, 2.24) is 10.2 Å². The third kappa shape index (κ3) is 1.66. The van der Waals surface area contributed by atoms with Crippen molar-refractivity contribution < 1.29 is 4.74 Å². The summed E-state index contributed by atoms with van der Waals surface area (Å²) in [6.07, 6.45) is 4.37. The smallest absolute Gasteiger partial charge is 0.203 e. The van der Waals surface area contributed by atoms with Gasteiger partial charge >= 0.3 is 0 Å². The number of hydrogen-bond acceptors (Lipinski definition) is 5. The van der Waals surface area contributed by atoms with Crippen LogP contribution in [0.4, 0.5) is 5.13 Å². The molecule has 13 heavy (non-hydrogen) atoms. The molecule has 1 aliphatic rings. The van der Waals surface area contributed by atoms with Gasteiger partial charge in [0.1, 0.15) is 5.01 Å². The average molecular weight is 199 g/mol. The third-order valence-electron chi connectivity index (χ3n) is 2.65. The summed E-state index contributed by atoms with van der Waals surface area (Å²) in [4.78, 5) is 0. The van der Waals surface area contributed by atoms with Crippen molar-refractivity contribution in [3.8, 4) is 0 Å². The van der Waals surface area contributed by atoms with Crippen LogP contribution in [0.25, 0.3) is 0 Å². The van der Waals surface area contributed by atoms with Gasteiger partial charge in [0.2, 0.25) is 5.13 Å². The van der Waals surface area contributed by atoms with Crippen molar-refractivity contribution in [3.63, 3.8) is 0 Å². The predicted octanol–water partition coefficient (Wildman–Crippen LogP) is 1.23. The fraction of sp³-hybridized carbons (Fsp3) is 0.750. The zero-order valence-corrected chi connectivity index (χ0v) is 8.43. The molecule has 4 nitrogen and oxygen atoms in total. The number of nitrogens with two attached hydrogens (primary N) is 1. The van der Waals surface area contributed by atoms with Crippen molar-refractivity contribution in [2.75, 3.05) is 12.8 Å². The van der Waals surface area contributed by atoms with E-state index >= 15 is 0 Å². The summed E-state index contributed by atoms with van der Waals surface area (Å²) in [5.41, 5.74) is 5.54. The molecule has 1 aromatic rings. The molecule has 1 heterocycles. The predicted molar refractivity (Wildman–Crippen MR) is 51.6 cm³/mol. The van der Waals surface area contributed by atoms with Gasteiger partial charge in [-0.3, -0.25) is 0 Å². The first-order chi connectivity index (χ1) is 6.24. The van der Waals surface area contributed by atoms with Gasteiger partial charge in [0, 0.05) is 13.5 Å².